The summed E-state index contributed by atoms with van der Waals surface area (Å²) in [6.07, 6.45) is -4.74. The van der Waals surface area contributed by atoms with Crippen LogP contribution in [0.25, 0.3) is 22.2 Å². The molecule has 7 rings (SSSR count). The van der Waals surface area contributed by atoms with Gasteiger partial charge in [-0.3, -0.25) is 9.80 Å². The van der Waals surface area contributed by atoms with E-state index < -0.39 is 23.5 Å². The minimum atomic E-state index is -4.42. The first-order chi connectivity index (χ1) is 22.8. The predicted octanol–water partition coefficient (Wildman–Crippen LogP) is 9.63. The number of aromatic nitrogens is 1. The molecule has 248 valence electrons. The third-order valence-corrected chi connectivity index (χ3v) is 9.58. The highest BCUT2D eigenvalue weighted by atomic mass is 19.4. The van der Waals surface area contributed by atoms with E-state index >= 15 is 0 Å². The van der Waals surface area contributed by atoms with Crippen LogP contribution in [0.2, 0.25) is 0 Å². The summed E-state index contributed by atoms with van der Waals surface area (Å²) in [5, 5.41) is 1.03. The molecule has 1 atom stereocenters. The molecule has 0 radical (unpaired) electrons. The highest BCUT2D eigenvalue weighted by molar-refractivity contribution is 5.86. The van der Waals surface area contributed by atoms with E-state index in [0.717, 1.165) is 82.6 Å². The molecular formula is C39H35F6N3. The van der Waals surface area contributed by atoms with Gasteiger partial charge in [-0.1, -0.05) is 65.7 Å². The fourth-order valence-electron chi connectivity index (χ4n) is 7.09. The molecule has 2 aliphatic rings. The number of alkyl halides is 6. The molecule has 0 spiro atoms. The molecule has 1 unspecified atom stereocenters. The average molecular weight is 660 g/mol. The van der Waals surface area contributed by atoms with Crippen molar-refractivity contribution in [2.45, 2.75) is 38.7 Å². The maximum absolute atomic E-state index is 13.5. The second-order valence-electron chi connectivity index (χ2n) is 13.0. The molecule has 4 aromatic carbocycles. The minimum absolute atomic E-state index is 0.239. The van der Waals surface area contributed by atoms with E-state index in [-0.39, 0.29) is 5.92 Å². The number of allylic oxidation sites excluding steroid dienone is 1. The SMILES string of the molecule is Cc1ccc2c(c1)C(CN1CCN(Cc3cn(-c4cccc(C(F)(F)F)c4)c4ccc(C)cc34)CC1)=CC2c1cccc(C(F)(F)F)c1. The van der Waals surface area contributed by atoms with Crippen LogP contribution in [0.4, 0.5) is 26.3 Å². The Hall–Kier alpha value is -4.34. The van der Waals surface area contributed by atoms with E-state index in [1.54, 1.807) is 12.1 Å². The van der Waals surface area contributed by atoms with Gasteiger partial charge >= 0.3 is 12.4 Å². The molecule has 2 heterocycles. The minimum Gasteiger partial charge on any atom is -0.316 e. The lowest BCUT2D eigenvalue weighted by Gasteiger charge is -2.35. The topological polar surface area (TPSA) is 11.4 Å². The molecule has 5 aromatic rings. The van der Waals surface area contributed by atoms with Crippen molar-refractivity contribution in [3.63, 3.8) is 0 Å². The second kappa shape index (κ2) is 12.3. The highest BCUT2D eigenvalue weighted by Gasteiger charge is 2.33. The summed E-state index contributed by atoms with van der Waals surface area (Å²) in [5.74, 6) is -0.239. The molecule has 0 saturated carbocycles. The van der Waals surface area contributed by atoms with Crippen LogP contribution in [-0.2, 0) is 18.9 Å². The van der Waals surface area contributed by atoms with Crippen LogP contribution in [0.1, 0.15) is 50.4 Å². The van der Waals surface area contributed by atoms with Gasteiger partial charge in [-0.15, -0.1) is 0 Å². The van der Waals surface area contributed by atoms with E-state index in [9.17, 15) is 26.3 Å². The summed E-state index contributed by atoms with van der Waals surface area (Å²) >= 11 is 0. The van der Waals surface area contributed by atoms with Crippen LogP contribution in [0.5, 0.6) is 0 Å². The zero-order valence-electron chi connectivity index (χ0n) is 26.7. The molecule has 3 nitrogen and oxygen atoms in total. The van der Waals surface area contributed by atoms with Crippen molar-refractivity contribution in [1.29, 1.82) is 0 Å². The van der Waals surface area contributed by atoms with E-state index in [0.29, 0.717) is 24.3 Å². The zero-order chi connectivity index (χ0) is 33.8. The van der Waals surface area contributed by atoms with Gasteiger partial charge < -0.3 is 4.57 Å². The van der Waals surface area contributed by atoms with Gasteiger partial charge in [-0.05, 0) is 78.1 Å². The van der Waals surface area contributed by atoms with Crippen LogP contribution in [0.3, 0.4) is 0 Å². The lowest BCUT2D eigenvalue weighted by atomic mass is 9.91. The van der Waals surface area contributed by atoms with Gasteiger partial charge in [0.2, 0.25) is 0 Å². The Morgan fingerprint density at radius 1 is 0.667 bits per heavy atom. The zero-order valence-corrected chi connectivity index (χ0v) is 26.7. The molecule has 1 aliphatic carbocycles. The fourth-order valence-corrected chi connectivity index (χ4v) is 7.09. The van der Waals surface area contributed by atoms with Crippen LogP contribution >= 0.6 is 0 Å². The van der Waals surface area contributed by atoms with Gasteiger partial charge in [-0.2, -0.15) is 26.3 Å². The molecule has 1 saturated heterocycles. The summed E-state index contributed by atoms with van der Waals surface area (Å²) in [6.45, 7) is 8.67. The Kier molecular flexibility index (Phi) is 8.24. The largest absolute Gasteiger partial charge is 0.416 e. The third kappa shape index (κ3) is 6.41. The monoisotopic (exact) mass is 659 g/mol. The van der Waals surface area contributed by atoms with Crippen molar-refractivity contribution in [2.75, 3.05) is 32.7 Å². The van der Waals surface area contributed by atoms with Crippen molar-refractivity contribution in [2.24, 2.45) is 0 Å². The summed E-state index contributed by atoms with van der Waals surface area (Å²) < 4.78 is 82.9. The first-order valence-corrected chi connectivity index (χ1v) is 16.1. The van der Waals surface area contributed by atoms with Crippen LogP contribution in [-0.4, -0.2) is 47.1 Å². The van der Waals surface area contributed by atoms with Crippen molar-refractivity contribution in [3.8, 4) is 5.69 Å². The van der Waals surface area contributed by atoms with E-state index in [2.05, 4.69) is 28.0 Å². The number of halogens is 6. The maximum Gasteiger partial charge on any atom is 0.416 e. The quantitative estimate of drug-likeness (QED) is 0.168. The van der Waals surface area contributed by atoms with E-state index in [4.69, 9.17) is 0 Å². The molecule has 9 heteroatoms. The molecule has 0 amide bonds. The van der Waals surface area contributed by atoms with Gasteiger partial charge in [-0.25, -0.2) is 0 Å². The molecule has 48 heavy (non-hydrogen) atoms. The first kappa shape index (κ1) is 32.2. The van der Waals surface area contributed by atoms with E-state index in [1.165, 1.54) is 24.3 Å². The van der Waals surface area contributed by atoms with Crippen molar-refractivity contribution in [1.82, 2.24) is 14.4 Å². The van der Waals surface area contributed by atoms with Gasteiger partial charge in [0, 0.05) is 62.5 Å². The van der Waals surface area contributed by atoms with Gasteiger partial charge in [0.1, 0.15) is 0 Å². The van der Waals surface area contributed by atoms with E-state index in [1.807, 2.05) is 48.9 Å². The number of hydrogen-bond acceptors (Lipinski definition) is 2. The number of rotatable bonds is 6. The Bertz CT molecular complexity index is 2010. The van der Waals surface area contributed by atoms with Gasteiger partial charge in [0.05, 0.1) is 16.6 Å². The number of aryl methyl sites for hydroxylation is 2. The normalized spacial score (nSPS) is 17.6. The maximum atomic E-state index is 13.5. The number of fused-ring (bicyclic) bond motifs is 2. The first-order valence-electron chi connectivity index (χ1n) is 16.1. The van der Waals surface area contributed by atoms with Crippen LogP contribution < -0.4 is 0 Å². The Morgan fingerprint density at radius 2 is 1.29 bits per heavy atom. The smallest absolute Gasteiger partial charge is 0.316 e. The van der Waals surface area contributed by atoms with Crippen molar-refractivity contribution in [3.05, 3.63) is 142 Å². The Labute approximate surface area is 275 Å². The summed E-state index contributed by atoms with van der Waals surface area (Å²) in [7, 11) is 0. The predicted molar refractivity (Wildman–Crippen MR) is 177 cm³/mol. The molecule has 1 aromatic heterocycles. The van der Waals surface area contributed by atoms with Gasteiger partial charge in [0.15, 0.2) is 0 Å². The average Bonchev–Trinajstić information content (AvgIpc) is 3.58. The van der Waals surface area contributed by atoms with Crippen molar-refractivity contribution < 1.29 is 26.3 Å². The fraction of sp³-hybridized carbons (Fsp3) is 0.282. The molecule has 0 bridgehead atoms. The van der Waals surface area contributed by atoms with Crippen LogP contribution in [0, 0.1) is 13.8 Å². The number of hydrogen-bond donors (Lipinski definition) is 0. The third-order valence-electron chi connectivity index (χ3n) is 9.58. The lowest BCUT2D eigenvalue weighted by molar-refractivity contribution is -0.138. The molecule has 1 aliphatic heterocycles. The van der Waals surface area contributed by atoms with Crippen molar-refractivity contribution >= 4 is 16.5 Å². The number of benzene rings is 4. The lowest BCUT2D eigenvalue weighted by Crippen LogP contribution is -2.46. The summed E-state index contributed by atoms with van der Waals surface area (Å²) in [5.41, 5.74) is 7.16. The number of piperazine rings is 1. The number of nitrogens with zero attached hydrogens (tertiary/aromatic N) is 3. The Balaban J connectivity index is 1.08. The Morgan fingerprint density at radius 3 is 2.00 bits per heavy atom. The summed E-state index contributed by atoms with van der Waals surface area (Å²) in [6, 6.07) is 23.3. The van der Waals surface area contributed by atoms with Gasteiger partial charge in [0.25, 0.3) is 0 Å². The van der Waals surface area contributed by atoms with Crippen LogP contribution in [0.15, 0.2) is 97.2 Å². The summed E-state index contributed by atoms with van der Waals surface area (Å²) in [4.78, 5) is 4.76. The standard InChI is InChI=1S/C39H35F6N3/c1-25-9-11-33-34(17-25)28(20-35(33)27-5-3-6-30(19-27)38(40,41)42)22-46-13-15-47(16-14-46)23-29-24-48(37-12-10-26(2)18-36(29)37)32-8-4-7-31(21-32)39(43,44)45/h3-12,17-21,24,35H,13-16,22-23H2,1-2H3. The highest BCUT2D eigenvalue weighted by Crippen LogP contribution is 2.42. The molecule has 1 fully saturated rings. The molecular weight excluding hydrogens is 624 g/mol. The molecule has 0 N–H and O–H groups in total. The second-order valence-corrected chi connectivity index (χ2v) is 13.0.